The van der Waals surface area contributed by atoms with Crippen LogP contribution in [0.1, 0.15) is 50.2 Å². The Kier molecular flexibility index (Phi) is 6.40. The first-order valence-electron chi connectivity index (χ1n) is 11.4. The zero-order valence-corrected chi connectivity index (χ0v) is 19.0. The minimum absolute atomic E-state index is 0.0167. The standard InChI is InChI=1S/C26H30N2O5/c1-17(15-23(29)28-13-11-26(2,12-14-28)24(30)31)27-25(32)33-16-22-20-9-5-3-7-18(20)19-8-4-6-10-21(19)22/h3-10,17,22H,11-16H2,1-2H3,(H,27,32)(H,30,31)/t17-/m0/s1. The summed E-state index contributed by atoms with van der Waals surface area (Å²) in [5.74, 6) is -0.925. The summed E-state index contributed by atoms with van der Waals surface area (Å²) >= 11 is 0. The number of amides is 2. The zero-order valence-electron chi connectivity index (χ0n) is 19.0. The molecule has 7 nitrogen and oxygen atoms in total. The molecule has 0 radical (unpaired) electrons. The van der Waals surface area contributed by atoms with E-state index in [1.54, 1.807) is 18.7 Å². The molecule has 1 fully saturated rings. The normalized spacial score (nSPS) is 17.6. The summed E-state index contributed by atoms with van der Waals surface area (Å²) in [6.07, 6.45) is 0.465. The minimum Gasteiger partial charge on any atom is -0.481 e. The van der Waals surface area contributed by atoms with Gasteiger partial charge in [-0.15, -0.1) is 0 Å². The van der Waals surface area contributed by atoms with Crippen molar-refractivity contribution < 1.29 is 24.2 Å². The van der Waals surface area contributed by atoms with Crippen LogP contribution in [0.25, 0.3) is 11.1 Å². The maximum absolute atomic E-state index is 12.6. The van der Waals surface area contributed by atoms with E-state index in [0.717, 1.165) is 11.1 Å². The summed E-state index contributed by atoms with van der Waals surface area (Å²) in [6, 6.07) is 15.9. The van der Waals surface area contributed by atoms with Crippen LogP contribution in [0.3, 0.4) is 0 Å². The quantitative estimate of drug-likeness (QED) is 0.693. The number of aliphatic carboxylic acids is 1. The summed E-state index contributed by atoms with van der Waals surface area (Å²) < 4.78 is 5.55. The summed E-state index contributed by atoms with van der Waals surface area (Å²) in [7, 11) is 0. The molecule has 33 heavy (non-hydrogen) atoms. The summed E-state index contributed by atoms with van der Waals surface area (Å²) in [6.45, 7) is 4.54. The SMILES string of the molecule is C[C@@H](CC(=O)N1CCC(C)(C(=O)O)CC1)NC(=O)OCC1c2ccccc2-c2ccccc21. The van der Waals surface area contributed by atoms with Crippen LogP contribution in [-0.2, 0) is 14.3 Å². The third kappa shape index (κ3) is 4.72. The number of hydrogen-bond donors (Lipinski definition) is 2. The fourth-order valence-electron chi connectivity index (χ4n) is 4.75. The number of likely N-dealkylation sites (tertiary alicyclic amines) is 1. The van der Waals surface area contributed by atoms with E-state index in [2.05, 4.69) is 29.6 Å². The van der Waals surface area contributed by atoms with Gasteiger partial charge in [-0.3, -0.25) is 9.59 Å². The molecule has 0 aromatic heterocycles. The van der Waals surface area contributed by atoms with Gasteiger partial charge >= 0.3 is 12.1 Å². The van der Waals surface area contributed by atoms with Gasteiger partial charge in [0, 0.05) is 31.5 Å². The first-order valence-corrected chi connectivity index (χ1v) is 11.4. The fraction of sp³-hybridized carbons (Fsp3) is 0.423. The zero-order chi connectivity index (χ0) is 23.6. The average molecular weight is 451 g/mol. The van der Waals surface area contributed by atoms with Crippen LogP contribution < -0.4 is 5.32 Å². The van der Waals surface area contributed by atoms with Crippen molar-refractivity contribution >= 4 is 18.0 Å². The van der Waals surface area contributed by atoms with Crippen molar-refractivity contribution in [2.75, 3.05) is 19.7 Å². The molecule has 2 amide bonds. The molecule has 2 N–H and O–H groups in total. The second kappa shape index (κ2) is 9.25. The van der Waals surface area contributed by atoms with Crippen LogP contribution in [0, 0.1) is 5.41 Å². The Morgan fingerprint density at radius 3 is 2.15 bits per heavy atom. The highest BCUT2D eigenvalue weighted by Crippen LogP contribution is 2.44. The number of carbonyl (C=O) groups excluding carboxylic acids is 2. The van der Waals surface area contributed by atoms with Crippen molar-refractivity contribution in [1.29, 1.82) is 0 Å². The number of nitrogens with zero attached hydrogens (tertiary/aromatic N) is 1. The van der Waals surface area contributed by atoms with Crippen LogP contribution in [0.4, 0.5) is 4.79 Å². The van der Waals surface area contributed by atoms with E-state index < -0.39 is 17.5 Å². The largest absolute Gasteiger partial charge is 0.481 e. The van der Waals surface area contributed by atoms with Gasteiger partial charge in [0.25, 0.3) is 0 Å². The van der Waals surface area contributed by atoms with Gasteiger partial charge in [0.2, 0.25) is 5.91 Å². The Hall–Kier alpha value is -3.35. The highest BCUT2D eigenvalue weighted by atomic mass is 16.5. The molecule has 4 rings (SSSR count). The number of ether oxygens (including phenoxy) is 1. The van der Waals surface area contributed by atoms with Crippen LogP contribution in [-0.4, -0.2) is 53.7 Å². The lowest BCUT2D eigenvalue weighted by atomic mass is 9.80. The van der Waals surface area contributed by atoms with Gasteiger partial charge in [-0.25, -0.2) is 4.79 Å². The Morgan fingerprint density at radius 2 is 1.61 bits per heavy atom. The third-order valence-electron chi connectivity index (χ3n) is 6.92. The Labute approximate surface area is 193 Å². The smallest absolute Gasteiger partial charge is 0.407 e. The second-order valence-corrected chi connectivity index (χ2v) is 9.32. The predicted octanol–water partition coefficient (Wildman–Crippen LogP) is 4.02. The maximum Gasteiger partial charge on any atom is 0.407 e. The van der Waals surface area contributed by atoms with E-state index in [1.165, 1.54) is 11.1 Å². The number of carbonyl (C=O) groups is 3. The lowest BCUT2D eigenvalue weighted by Crippen LogP contribution is -2.47. The molecule has 1 saturated heterocycles. The molecule has 2 aromatic rings. The molecule has 0 unspecified atom stereocenters. The number of rotatable bonds is 6. The van der Waals surface area contributed by atoms with Gasteiger partial charge in [-0.1, -0.05) is 48.5 Å². The molecule has 0 saturated carbocycles. The van der Waals surface area contributed by atoms with Crippen molar-refractivity contribution in [3.63, 3.8) is 0 Å². The molecular formula is C26H30N2O5. The fourth-order valence-corrected chi connectivity index (χ4v) is 4.75. The summed E-state index contributed by atoms with van der Waals surface area (Å²) in [5.41, 5.74) is 3.85. The minimum atomic E-state index is -0.820. The van der Waals surface area contributed by atoms with E-state index in [1.807, 2.05) is 24.3 Å². The van der Waals surface area contributed by atoms with Gasteiger partial charge in [-0.2, -0.15) is 0 Å². The molecular weight excluding hydrogens is 420 g/mol. The van der Waals surface area contributed by atoms with E-state index in [4.69, 9.17) is 4.74 Å². The van der Waals surface area contributed by atoms with Gasteiger partial charge in [0.15, 0.2) is 0 Å². The first-order chi connectivity index (χ1) is 15.8. The number of benzene rings is 2. The van der Waals surface area contributed by atoms with Gasteiger partial charge in [0.1, 0.15) is 6.61 Å². The molecule has 1 aliphatic heterocycles. The molecule has 1 aliphatic carbocycles. The lowest BCUT2D eigenvalue weighted by Gasteiger charge is -2.36. The topological polar surface area (TPSA) is 95.9 Å². The molecule has 2 aliphatic rings. The first kappa shape index (κ1) is 22.8. The number of alkyl carbamates (subject to hydrolysis) is 1. The highest BCUT2D eigenvalue weighted by molar-refractivity contribution is 5.80. The second-order valence-electron chi connectivity index (χ2n) is 9.32. The van der Waals surface area contributed by atoms with Crippen LogP contribution in [0.5, 0.6) is 0 Å². The lowest BCUT2D eigenvalue weighted by molar-refractivity contribution is -0.153. The number of carboxylic acid groups (broad SMARTS) is 1. The average Bonchev–Trinajstić information content (AvgIpc) is 3.11. The Bertz CT molecular complexity index is 1010. The molecule has 1 heterocycles. The van der Waals surface area contributed by atoms with Crippen LogP contribution in [0.15, 0.2) is 48.5 Å². The third-order valence-corrected chi connectivity index (χ3v) is 6.92. The number of carboxylic acids is 1. The number of fused-ring (bicyclic) bond motifs is 3. The molecule has 1 atom stereocenters. The van der Waals surface area contributed by atoms with Gasteiger partial charge in [0.05, 0.1) is 5.41 Å². The summed E-state index contributed by atoms with van der Waals surface area (Å²) in [5, 5.41) is 12.1. The van der Waals surface area contributed by atoms with Crippen LogP contribution in [0.2, 0.25) is 0 Å². The Balaban J connectivity index is 1.28. The van der Waals surface area contributed by atoms with Crippen molar-refractivity contribution in [2.45, 2.75) is 45.1 Å². The molecule has 0 spiro atoms. The van der Waals surface area contributed by atoms with Crippen molar-refractivity contribution in [3.05, 3.63) is 59.7 Å². The van der Waals surface area contributed by atoms with E-state index in [0.29, 0.717) is 25.9 Å². The van der Waals surface area contributed by atoms with Crippen molar-refractivity contribution in [3.8, 4) is 11.1 Å². The predicted molar refractivity (Wildman–Crippen MR) is 124 cm³/mol. The number of piperidine rings is 1. The van der Waals surface area contributed by atoms with E-state index in [-0.39, 0.29) is 30.9 Å². The number of hydrogen-bond acceptors (Lipinski definition) is 4. The van der Waals surface area contributed by atoms with E-state index in [9.17, 15) is 19.5 Å². The summed E-state index contributed by atoms with van der Waals surface area (Å²) in [4.78, 5) is 38.1. The van der Waals surface area contributed by atoms with Crippen molar-refractivity contribution in [2.24, 2.45) is 5.41 Å². The monoisotopic (exact) mass is 450 g/mol. The van der Waals surface area contributed by atoms with Crippen LogP contribution >= 0.6 is 0 Å². The highest BCUT2D eigenvalue weighted by Gasteiger charge is 2.38. The van der Waals surface area contributed by atoms with Crippen molar-refractivity contribution in [1.82, 2.24) is 10.2 Å². The Morgan fingerprint density at radius 1 is 1.06 bits per heavy atom. The molecule has 7 heteroatoms. The number of nitrogens with one attached hydrogen (secondary N) is 1. The van der Waals surface area contributed by atoms with E-state index >= 15 is 0 Å². The molecule has 174 valence electrons. The molecule has 0 bridgehead atoms. The van der Waals surface area contributed by atoms with Gasteiger partial charge < -0.3 is 20.1 Å². The molecule has 2 aromatic carbocycles. The van der Waals surface area contributed by atoms with Gasteiger partial charge in [-0.05, 0) is 48.9 Å². The maximum atomic E-state index is 12.6.